The van der Waals surface area contributed by atoms with Crippen molar-refractivity contribution in [2.24, 2.45) is 0 Å². The number of carbonyl (C=O) groups is 1. The maximum atomic E-state index is 12.9. The van der Waals surface area contributed by atoms with Crippen molar-refractivity contribution in [2.45, 2.75) is 51.9 Å². The topological polar surface area (TPSA) is 57.4 Å². The van der Waals surface area contributed by atoms with Crippen LogP contribution < -0.4 is 5.32 Å². The number of ether oxygens (including phenoxy) is 1. The predicted molar refractivity (Wildman–Crippen MR) is 125 cm³/mol. The number of aryl methyl sites for hydroxylation is 1. The lowest BCUT2D eigenvalue weighted by atomic mass is 9.89. The van der Waals surface area contributed by atoms with Gasteiger partial charge in [-0.25, -0.2) is 0 Å². The number of carbonyl (C=O) groups excluding carboxylic acids is 1. The fourth-order valence-electron chi connectivity index (χ4n) is 5.30. The molecule has 0 saturated carbocycles. The summed E-state index contributed by atoms with van der Waals surface area (Å²) in [6, 6.07) is 6.42. The zero-order chi connectivity index (χ0) is 21.4. The molecule has 0 spiro atoms. The molecule has 0 unspecified atom stereocenters. The van der Waals surface area contributed by atoms with Crippen LogP contribution in [0.5, 0.6) is 0 Å². The number of rotatable bonds is 5. The zero-order valence-electron chi connectivity index (χ0n) is 18.7. The normalized spacial score (nSPS) is 20.2. The summed E-state index contributed by atoms with van der Waals surface area (Å²) in [4.78, 5) is 19.0. The van der Waals surface area contributed by atoms with Crippen LogP contribution in [0, 0.1) is 0 Å². The Hall–Kier alpha value is -2.37. The Kier molecular flexibility index (Phi) is 5.72. The number of morpholine rings is 1. The first-order chi connectivity index (χ1) is 15.1. The molecule has 164 valence electrons. The number of amides is 1. The molecule has 1 saturated heterocycles. The Balaban J connectivity index is 1.44. The van der Waals surface area contributed by atoms with Crippen molar-refractivity contribution in [3.8, 4) is 0 Å². The summed E-state index contributed by atoms with van der Waals surface area (Å²) in [5, 5.41) is 3.06. The molecule has 5 rings (SSSR count). The van der Waals surface area contributed by atoms with Crippen LogP contribution >= 0.6 is 0 Å². The summed E-state index contributed by atoms with van der Waals surface area (Å²) >= 11 is 0. The molecule has 1 amide bonds. The molecule has 1 fully saturated rings. The van der Waals surface area contributed by atoms with Gasteiger partial charge < -0.3 is 15.0 Å². The maximum Gasteiger partial charge on any atom is 0.256 e. The van der Waals surface area contributed by atoms with Gasteiger partial charge in [-0.05, 0) is 72.9 Å². The lowest BCUT2D eigenvalue weighted by Gasteiger charge is -2.26. The number of aromatic amines is 1. The van der Waals surface area contributed by atoms with Gasteiger partial charge in [-0.2, -0.15) is 0 Å². The van der Waals surface area contributed by atoms with Crippen LogP contribution in [0.1, 0.15) is 66.2 Å². The van der Waals surface area contributed by atoms with Crippen molar-refractivity contribution in [1.82, 2.24) is 9.88 Å². The smallest absolute Gasteiger partial charge is 0.256 e. The van der Waals surface area contributed by atoms with Crippen molar-refractivity contribution in [3.05, 3.63) is 51.8 Å². The Morgan fingerprint density at radius 1 is 1.16 bits per heavy atom. The first-order valence-electron chi connectivity index (χ1n) is 11.8. The summed E-state index contributed by atoms with van der Waals surface area (Å²) in [5.41, 5.74) is 9.41. The first-order valence-corrected chi connectivity index (χ1v) is 11.8. The van der Waals surface area contributed by atoms with E-state index in [0.717, 1.165) is 74.6 Å². The van der Waals surface area contributed by atoms with E-state index in [9.17, 15) is 4.79 Å². The van der Waals surface area contributed by atoms with Gasteiger partial charge in [-0.15, -0.1) is 0 Å². The van der Waals surface area contributed by atoms with Crippen molar-refractivity contribution >= 4 is 23.2 Å². The van der Waals surface area contributed by atoms with Gasteiger partial charge in [0.05, 0.1) is 18.8 Å². The number of hydrogen-bond acceptors (Lipinski definition) is 3. The van der Waals surface area contributed by atoms with Gasteiger partial charge in [0.25, 0.3) is 5.91 Å². The SMILES string of the molecule is CC(C)c1c(C=C2C(=O)Nc3ccc(CCN4CCOCC4)cc32)[nH]c2c1CCCC2. The number of aromatic nitrogens is 1. The molecule has 2 N–H and O–H groups in total. The minimum atomic E-state index is 0.00241. The fraction of sp³-hybridized carbons (Fsp3) is 0.500. The Labute approximate surface area is 184 Å². The lowest BCUT2D eigenvalue weighted by molar-refractivity contribution is -0.110. The van der Waals surface area contributed by atoms with Gasteiger partial charge in [0.15, 0.2) is 0 Å². The molecule has 5 heteroatoms. The molecule has 0 bridgehead atoms. The molecule has 1 aromatic carbocycles. The highest BCUT2D eigenvalue weighted by Gasteiger charge is 2.27. The average Bonchev–Trinajstić information content (AvgIpc) is 3.30. The van der Waals surface area contributed by atoms with Crippen molar-refractivity contribution in [2.75, 3.05) is 38.2 Å². The van der Waals surface area contributed by atoms with Crippen molar-refractivity contribution < 1.29 is 9.53 Å². The second-order valence-electron chi connectivity index (χ2n) is 9.37. The second kappa shape index (κ2) is 8.64. The molecular formula is C26H33N3O2. The average molecular weight is 420 g/mol. The van der Waals surface area contributed by atoms with Crippen LogP contribution in [-0.2, 0) is 28.8 Å². The molecule has 0 radical (unpaired) electrons. The van der Waals surface area contributed by atoms with Gasteiger partial charge in [-0.3, -0.25) is 9.69 Å². The van der Waals surface area contributed by atoms with Crippen LogP contribution in [0.3, 0.4) is 0 Å². The highest BCUT2D eigenvalue weighted by molar-refractivity contribution is 6.34. The van der Waals surface area contributed by atoms with Crippen LogP contribution in [-0.4, -0.2) is 48.6 Å². The van der Waals surface area contributed by atoms with E-state index in [0.29, 0.717) is 5.92 Å². The third-order valence-corrected chi connectivity index (χ3v) is 6.92. The van der Waals surface area contributed by atoms with Crippen LogP contribution in [0.25, 0.3) is 11.6 Å². The van der Waals surface area contributed by atoms with Gasteiger partial charge >= 0.3 is 0 Å². The van der Waals surface area contributed by atoms with Gasteiger partial charge in [0.1, 0.15) is 0 Å². The molecular weight excluding hydrogens is 386 g/mol. The molecule has 5 nitrogen and oxygen atoms in total. The highest BCUT2D eigenvalue weighted by Crippen LogP contribution is 2.37. The number of hydrogen-bond donors (Lipinski definition) is 2. The zero-order valence-corrected chi connectivity index (χ0v) is 18.7. The fourth-order valence-corrected chi connectivity index (χ4v) is 5.30. The minimum Gasteiger partial charge on any atom is -0.379 e. The van der Waals surface area contributed by atoms with E-state index in [-0.39, 0.29) is 5.91 Å². The summed E-state index contributed by atoms with van der Waals surface area (Å²) < 4.78 is 5.45. The molecule has 3 heterocycles. The number of anilines is 1. The van der Waals surface area contributed by atoms with E-state index in [4.69, 9.17) is 4.74 Å². The van der Waals surface area contributed by atoms with E-state index in [1.165, 1.54) is 35.2 Å². The van der Waals surface area contributed by atoms with Crippen molar-refractivity contribution in [1.29, 1.82) is 0 Å². The van der Waals surface area contributed by atoms with Crippen LogP contribution in [0.15, 0.2) is 18.2 Å². The van der Waals surface area contributed by atoms with E-state index in [1.807, 2.05) is 0 Å². The van der Waals surface area contributed by atoms with Crippen molar-refractivity contribution in [3.63, 3.8) is 0 Å². The highest BCUT2D eigenvalue weighted by atomic mass is 16.5. The quantitative estimate of drug-likeness (QED) is 0.707. The van der Waals surface area contributed by atoms with Crippen LogP contribution in [0.4, 0.5) is 5.69 Å². The Morgan fingerprint density at radius 3 is 2.77 bits per heavy atom. The number of benzene rings is 1. The molecule has 2 aliphatic heterocycles. The number of nitrogens with one attached hydrogen (secondary N) is 2. The molecule has 3 aliphatic rings. The summed E-state index contributed by atoms with van der Waals surface area (Å²) in [7, 11) is 0. The van der Waals surface area contributed by atoms with E-state index in [2.05, 4.69) is 53.3 Å². The van der Waals surface area contributed by atoms with Gasteiger partial charge in [0.2, 0.25) is 0 Å². The predicted octanol–water partition coefficient (Wildman–Crippen LogP) is 4.38. The molecule has 1 aromatic heterocycles. The number of fused-ring (bicyclic) bond motifs is 2. The summed E-state index contributed by atoms with van der Waals surface area (Å²) in [5.74, 6) is 0.441. The van der Waals surface area contributed by atoms with E-state index >= 15 is 0 Å². The third-order valence-electron chi connectivity index (χ3n) is 6.92. The lowest BCUT2D eigenvalue weighted by Crippen LogP contribution is -2.37. The first kappa shape index (κ1) is 20.5. The third kappa shape index (κ3) is 4.09. The minimum absolute atomic E-state index is 0.00241. The second-order valence-corrected chi connectivity index (χ2v) is 9.37. The van der Waals surface area contributed by atoms with Gasteiger partial charge in [0, 0.05) is 42.3 Å². The molecule has 31 heavy (non-hydrogen) atoms. The molecule has 0 atom stereocenters. The summed E-state index contributed by atoms with van der Waals surface area (Å²) in [6.45, 7) is 9.21. The number of nitrogens with zero attached hydrogens (tertiary/aromatic N) is 1. The Morgan fingerprint density at radius 2 is 1.97 bits per heavy atom. The van der Waals surface area contributed by atoms with E-state index < -0.39 is 0 Å². The van der Waals surface area contributed by atoms with Gasteiger partial charge in [-0.1, -0.05) is 19.9 Å². The molecule has 1 aliphatic carbocycles. The molecule has 2 aromatic rings. The number of H-pyrrole nitrogens is 1. The standard InChI is InChI=1S/C26H33N3O2/c1-17(2)25-19-5-3-4-6-22(19)27-24(25)16-21-20-15-18(7-8-23(20)28-26(21)30)9-10-29-11-13-31-14-12-29/h7-8,15-17,27H,3-6,9-14H2,1-2H3,(H,28,30). The monoisotopic (exact) mass is 419 g/mol. The van der Waals surface area contributed by atoms with Crippen LogP contribution in [0.2, 0.25) is 0 Å². The maximum absolute atomic E-state index is 12.9. The Bertz CT molecular complexity index is 1010. The largest absolute Gasteiger partial charge is 0.379 e. The van der Waals surface area contributed by atoms with E-state index in [1.54, 1.807) is 0 Å². The summed E-state index contributed by atoms with van der Waals surface area (Å²) in [6.07, 6.45) is 7.86.